The molecule has 1 aromatic rings. The topological polar surface area (TPSA) is 122 Å². The number of rotatable bonds is 9. The summed E-state index contributed by atoms with van der Waals surface area (Å²) >= 11 is 0. The highest BCUT2D eigenvalue weighted by atomic mass is 35.5. The lowest BCUT2D eigenvalue weighted by Crippen LogP contribution is -2.33. The minimum absolute atomic E-state index is 0. The molecule has 1 aromatic carbocycles. The van der Waals surface area contributed by atoms with Gasteiger partial charge in [0.2, 0.25) is 12.5 Å². The van der Waals surface area contributed by atoms with E-state index in [9.17, 15) is 14.4 Å². The SMILES string of the molecule is COC(=O)C1=C(C)NC(C)=C(C(=O)OCCCN(C)C)C1c1cc(OC)c2c(c1C(=O)OC)OCO2.Cl. The number of halogens is 1. The first-order valence-corrected chi connectivity index (χ1v) is 11.3. The van der Waals surface area contributed by atoms with Crippen LogP contribution < -0.4 is 19.5 Å². The van der Waals surface area contributed by atoms with Gasteiger partial charge in [-0.05, 0) is 46.0 Å². The molecule has 0 radical (unpaired) electrons. The number of methoxy groups -OCH3 is 3. The molecule has 0 fully saturated rings. The van der Waals surface area contributed by atoms with Crippen molar-refractivity contribution >= 4 is 30.3 Å². The third-order valence-corrected chi connectivity index (χ3v) is 5.93. The Bertz CT molecular complexity index is 1130. The van der Waals surface area contributed by atoms with E-state index in [1.807, 2.05) is 19.0 Å². The molecule has 1 atom stereocenters. The van der Waals surface area contributed by atoms with Crippen LogP contribution in [0.1, 0.15) is 42.1 Å². The maximum Gasteiger partial charge on any atom is 0.342 e. The highest BCUT2D eigenvalue weighted by molar-refractivity contribution is 6.03. The normalized spacial score (nSPS) is 16.2. The molecule has 0 spiro atoms. The summed E-state index contributed by atoms with van der Waals surface area (Å²) < 4.78 is 32.3. The van der Waals surface area contributed by atoms with E-state index in [0.29, 0.717) is 17.8 Å². The number of nitrogens with one attached hydrogen (secondary N) is 1. The van der Waals surface area contributed by atoms with Crippen LogP contribution in [-0.2, 0) is 23.8 Å². The lowest BCUT2D eigenvalue weighted by atomic mass is 9.78. The lowest BCUT2D eigenvalue weighted by molar-refractivity contribution is -0.139. The standard InChI is InChI=1S/C25H32N2O9.ClH/c1-13-17(23(28)32-6)19(18(14(2)26-13)25(30)34-10-8-9-27(3)4)15-11-16(31-5)21-22(36-12-35-21)20(15)24(29)33-7;/h11,19,26H,8-10,12H2,1-7H3;1H. The Kier molecular flexibility index (Phi) is 10.2. The van der Waals surface area contributed by atoms with Gasteiger partial charge in [0.15, 0.2) is 11.5 Å². The van der Waals surface area contributed by atoms with E-state index < -0.39 is 23.8 Å². The molecule has 0 amide bonds. The van der Waals surface area contributed by atoms with Crippen molar-refractivity contribution in [2.24, 2.45) is 0 Å². The molecule has 11 nitrogen and oxygen atoms in total. The zero-order valence-electron chi connectivity index (χ0n) is 22.0. The molecule has 2 heterocycles. The van der Waals surface area contributed by atoms with Gasteiger partial charge in [-0.25, -0.2) is 14.4 Å². The molecule has 1 unspecified atom stereocenters. The summed E-state index contributed by atoms with van der Waals surface area (Å²) in [6, 6.07) is 1.54. The zero-order valence-corrected chi connectivity index (χ0v) is 22.8. The van der Waals surface area contributed by atoms with Crippen molar-refractivity contribution in [3.05, 3.63) is 39.7 Å². The number of fused-ring (bicyclic) bond motifs is 1. The first kappa shape index (κ1) is 29.8. The third-order valence-electron chi connectivity index (χ3n) is 5.93. The molecule has 2 aliphatic heterocycles. The predicted octanol–water partition coefficient (Wildman–Crippen LogP) is 2.54. The summed E-state index contributed by atoms with van der Waals surface area (Å²) in [4.78, 5) is 41.4. The minimum atomic E-state index is -1.04. The zero-order chi connectivity index (χ0) is 26.6. The maximum atomic E-state index is 13.4. The third kappa shape index (κ3) is 5.94. The second-order valence-corrected chi connectivity index (χ2v) is 8.52. The molecular weight excluding hydrogens is 508 g/mol. The average Bonchev–Trinajstić information content (AvgIpc) is 3.33. The van der Waals surface area contributed by atoms with Crippen molar-refractivity contribution < 1.29 is 42.8 Å². The Hall–Kier alpha value is -3.44. The van der Waals surface area contributed by atoms with Crippen molar-refractivity contribution in [1.29, 1.82) is 0 Å². The molecule has 12 heteroatoms. The number of dihydropyridines is 1. The van der Waals surface area contributed by atoms with Crippen molar-refractivity contribution in [3.63, 3.8) is 0 Å². The highest BCUT2D eigenvalue weighted by Crippen LogP contribution is 2.50. The summed E-state index contributed by atoms with van der Waals surface area (Å²) in [6.07, 6.45) is 0.618. The molecule has 1 N–H and O–H groups in total. The van der Waals surface area contributed by atoms with Crippen molar-refractivity contribution in [3.8, 4) is 17.2 Å². The second-order valence-electron chi connectivity index (χ2n) is 8.52. The molecule has 2 aliphatic rings. The molecule has 37 heavy (non-hydrogen) atoms. The first-order valence-electron chi connectivity index (χ1n) is 11.3. The van der Waals surface area contributed by atoms with Gasteiger partial charge in [-0.1, -0.05) is 0 Å². The summed E-state index contributed by atoms with van der Waals surface area (Å²) in [5.74, 6) is -2.49. The quantitative estimate of drug-likeness (QED) is 0.282. The van der Waals surface area contributed by atoms with E-state index in [0.717, 1.165) is 6.54 Å². The Morgan fingerprint density at radius 2 is 1.57 bits per heavy atom. The smallest absolute Gasteiger partial charge is 0.342 e. The van der Waals surface area contributed by atoms with E-state index >= 15 is 0 Å². The summed E-state index contributed by atoms with van der Waals surface area (Å²) in [5.41, 5.74) is 1.48. The molecule has 0 aromatic heterocycles. The van der Waals surface area contributed by atoms with E-state index in [2.05, 4.69) is 5.32 Å². The summed E-state index contributed by atoms with van der Waals surface area (Å²) in [7, 11) is 7.75. The van der Waals surface area contributed by atoms with Gasteiger partial charge in [-0.2, -0.15) is 0 Å². The van der Waals surface area contributed by atoms with Crippen molar-refractivity contribution in [1.82, 2.24) is 10.2 Å². The molecule has 3 rings (SSSR count). The fraction of sp³-hybridized carbons (Fsp3) is 0.480. The van der Waals surface area contributed by atoms with Gasteiger partial charge < -0.3 is 38.6 Å². The van der Waals surface area contributed by atoms with Crippen LogP contribution in [0.2, 0.25) is 0 Å². The number of esters is 3. The molecular formula is C25H33ClN2O9. The van der Waals surface area contributed by atoms with Gasteiger partial charge in [0.05, 0.1) is 45.0 Å². The Balaban J connectivity index is 0.00000481. The van der Waals surface area contributed by atoms with Gasteiger partial charge >= 0.3 is 17.9 Å². The molecule has 0 aliphatic carbocycles. The van der Waals surface area contributed by atoms with Crippen LogP contribution >= 0.6 is 12.4 Å². The number of nitrogens with zero attached hydrogens (tertiary/aromatic N) is 1. The van der Waals surface area contributed by atoms with E-state index in [-0.39, 0.29) is 65.3 Å². The monoisotopic (exact) mass is 540 g/mol. The van der Waals surface area contributed by atoms with Crippen LogP contribution in [0.25, 0.3) is 0 Å². The van der Waals surface area contributed by atoms with E-state index in [1.54, 1.807) is 19.9 Å². The largest absolute Gasteiger partial charge is 0.493 e. The number of ether oxygens (including phenoxy) is 6. The van der Waals surface area contributed by atoms with E-state index in [1.165, 1.54) is 21.3 Å². The fourth-order valence-corrected chi connectivity index (χ4v) is 4.33. The number of allylic oxidation sites excluding steroid dienone is 2. The number of carbonyl (C=O) groups excluding carboxylic acids is 3. The molecule has 0 saturated heterocycles. The summed E-state index contributed by atoms with van der Waals surface area (Å²) in [5, 5.41) is 3.07. The van der Waals surface area contributed by atoms with Gasteiger partial charge in [-0.3, -0.25) is 0 Å². The summed E-state index contributed by atoms with van der Waals surface area (Å²) in [6.45, 7) is 4.14. The number of hydrogen-bond acceptors (Lipinski definition) is 11. The Morgan fingerprint density at radius 3 is 2.14 bits per heavy atom. The van der Waals surface area contributed by atoms with Crippen LogP contribution in [-0.4, -0.2) is 78.2 Å². The van der Waals surface area contributed by atoms with Gasteiger partial charge in [0.25, 0.3) is 0 Å². The van der Waals surface area contributed by atoms with Crippen LogP contribution in [0.4, 0.5) is 0 Å². The lowest BCUT2D eigenvalue weighted by Gasteiger charge is -2.31. The highest BCUT2D eigenvalue weighted by Gasteiger charge is 2.42. The Labute approximate surface area is 222 Å². The number of hydrogen-bond donors (Lipinski definition) is 1. The molecule has 204 valence electrons. The van der Waals surface area contributed by atoms with Gasteiger partial charge in [-0.15, -0.1) is 12.4 Å². The van der Waals surface area contributed by atoms with Crippen LogP contribution in [0.15, 0.2) is 28.6 Å². The first-order chi connectivity index (χ1) is 17.2. The number of carbonyl (C=O) groups is 3. The predicted molar refractivity (Wildman–Crippen MR) is 135 cm³/mol. The van der Waals surface area contributed by atoms with Gasteiger partial charge in [0, 0.05) is 17.9 Å². The average molecular weight is 541 g/mol. The molecule has 0 bridgehead atoms. The van der Waals surface area contributed by atoms with Crippen molar-refractivity contribution in [2.45, 2.75) is 26.2 Å². The second kappa shape index (κ2) is 12.7. The van der Waals surface area contributed by atoms with Gasteiger partial charge in [0.1, 0.15) is 5.56 Å². The van der Waals surface area contributed by atoms with Crippen LogP contribution in [0.3, 0.4) is 0 Å². The Morgan fingerprint density at radius 1 is 0.973 bits per heavy atom. The van der Waals surface area contributed by atoms with Crippen LogP contribution in [0.5, 0.6) is 17.2 Å². The maximum absolute atomic E-state index is 13.4. The fourth-order valence-electron chi connectivity index (χ4n) is 4.33. The number of benzene rings is 1. The van der Waals surface area contributed by atoms with Crippen LogP contribution in [0, 0.1) is 0 Å². The van der Waals surface area contributed by atoms with E-state index in [4.69, 9.17) is 28.4 Å². The molecule has 0 saturated carbocycles. The minimum Gasteiger partial charge on any atom is -0.493 e. The van der Waals surface area contributed by atoms with Crippen molar-refractivity contribution in [2.75, 3.05) is 55.4 Å².